The second kappa shape index (κ2) is 8.02. The Bertz CT molecular complexity index is 939. The molecule has 4 rings (SSSR count). The van der Waals surface area contributed by atoms with E-state index in [4.69, 9.17) is 4.74 Å². The molecule has 0 unspecified atom stereocenters. The van der Waals surface area contributed by atoms with Gasteiger partial charge in [0.2, 0.25) is 0 Å². The van der Waals surface area contributed by atoms with Crippen molar-refractivity contribution in [3.05, 3.63) is 57.1 Å². The third kappa shape index (κ3) is 4.26. The standard InChI is InChI=1S/C20H18N2O3S2/c23-18(22-20-21-15(12-26-20)13-6-2-1-3-7-13)11-25-19(24)17-10-14-8-4-5-9-16(14)27-17/h1-3,6-7,10,12H,4-5,8-9,11H2,(H,21,22,23). The molecule has 1 aliphatic carbocycles. The van der Waals surface area contributed by atoms with Crippen LogP contribution >= 0.6 is 22.7 Å². The van der Waals surface area contributed by atoms with Crippen molar-refractivity contribution >= 4 is 39.7 Å². The lowest BCUT2D eigenvalue weighted by atomic mass is 9.99. The summed E-state index contributed by atoms with van der Waals surface area (Å²) in [6, 6.07) is 11.7. The summed E-state index contributed by atoms with van der Waals surface area (Å²) in [7, 11) is 0. The molecule has 0 aliphatic heterocycles. The average Bonchev–Trinajstić information content (AvgIpc) is 3.33. The summed E-state index contributed by atoms with van der Waals surface area (Å²) in [5.74, 6) is -0.827. The summed E-state index contributed by atoms with van der Waals surface area (Å²) in [4.78, 5) is 30.5. The number of aromatic nitrogens is 1. The number of thiazole rings is 1. The number of fused-ring (bicyclic) bond motifs is 1. The van der Waals surface area contributed by atoms with Gasteiger partial charge in [-0.3, -0.25) is 10.1 Å². The number of thiophene rings is 1. The van der Waals surface area contributed by atoms with Crippen molar-refractivity contribution in [2.24, 2.45) is 0 Å². The maximum Gasteiger partial charge on any atom is 0.348 e. The number of carbonyl (C=O) groups excluding carboxylic acids is 2. The van der Waals surface area contributed by atoms with Crippen molar-refractivity contribution in [3.8, 4) is 11.3 Å². The summed E-state index contributed by atoms with van der Waals surface area (Å²) in [5.41, 5.74) is 3.04. The maximum atomic E-state index is 12.2. The van der Waals surface area contributed by atoms with Crippen LogP contribution in [0, 0.1) is 0 Å². The first kappa shape index (κ1) is 17.9. The van der Waals surface area contributed by atoms with E-state index in [1.165, 1.54) is 46.0 Å². The molecular weight excluding hydrogens is 380 g/mol. The van der Waals surface area contributed by atoms with E-state index in [2.05, 4.69) is 10.3 Å². The number of esters is 1. The third-order valence-electron chi connectivity index (χ3n) is 4.35. The molecule has 1 aromatic carbocycles. The summed E-state index contributed by atoms with van der Waals surface area (Å²) in [6.45, 7) is -0.318. The Labute approximate surface area is 165 Å². The molecule has 0 bridgehead atoms. The van der Waals surface area contributed by atoms with Gasteiger partial charge in [-0.2, -0.15) is 0 Å². The Balaban J connectivity index is 1.31. The summed E-state index contributed by atoms with van der Waals surface area (Å²) >= 11 is 2.82. The van der Waals surface area contributed by atoms with Crippen molar-refractivity contribution in [1.82, 2.24) is 4.98 Å². The molecule has 0 saturated heterocycles. The van der Waals surface area contributed by atoms with E-state index in [1.54, 1.807) is 0 Å². The number of ether oxygens (including phenoxy) is 1. The summed E-state index contributed by atoms with van der Waals surface area (Å²) in [6.07, 6.45) is 4.39. The predicted molar refractivity (Wildman–Crippen MR) is 107 cm³/mol. The molecule has 0 spiro atoms. The first-order valence-corrected chi connectivity index (χ1v) is 10.5. The van der Waals surface area contributed by atoms with Gasteiger partial charge in [-0.05, 0) is 37.3 Å². The van der Waals surface area contributed by atoms with Gasteiger partial charge < -0.3 is 4.74 Å². The monoisotopic (exact) mass is 398 g/mol. The molecule has 3 aromatic rings. The Morgan fingerprint density at radius 3 is 2.78 bits per heavy atom. The van der Waals surface area contributed by atoms with Gasteiger partial charge in [0.1, 0.15) is 4.88 Å². The van der Waals surface area contributed by atoms with Crippen molar-refractivity contribution in [2.45, 2.75) is 25.7 Å². The Morgan fingerprint density at radius 1 is 1.15 bits per heavy atom. The Morgan fingerprint density at radius 2 is 1.96 bits per heavy atom. The highest BCUT2D eigenvalue weighted by Crippen LogP contribution is 2.30. The third-order valence-corrected chi connectivity index (χ3v) is 6.33. The van der Waals surface area contributed by atoms with Crippen LogP contribution in [0.5, 0.6) is 0 Å². The van der Waals surface area contributed by atoms with Gasteiger partial charge in [0.15, 0.2) is 11.7 Å². The first-order valence-electron chi connectivity index (χ1n) is 8.78. The molecule has 27 heavy (non-hydrogen) atoms. The second-order valence-electron chi connectivity index (χ2n) is 6.29. The van der Waals surface area contributed by atoms with E-state index in [-0.39, 0.29) is 6.61 Å². The molecule has 7 heteroatoms. The number of hydrogen-bond donors (Lipinski definition) is 1. The van der Waals surface area contributed by atoms with E-state index in [0.717, 1.165) is 24.1 Å². The number of aryl methyl sites for hydroxylation is 2. The largest absolute Gasteiger partial charge is 0.451 e. The molecule has 0 saturated carbocycles. The fraction of sp³-hybridized carbons (Fsp3) is 0.250. The van der Waals surface area contributed by atoms with Crippen LogP contribution in [-0.2, 0) is 22.4 Å². The highest BCUT2D eigenvalue weighted by Gasteiger charge is 2.19. The number of amides is 1. The number of benzene rings is 1. The van der Waals surface area contributed by atoms with E-state index >= 15 is 0 Å². The van der Waals surface area contributed by atoms with E-state index in [0.29, 0.717) is 10.0 Å². The smallest absolute Gasteiger partial charge is 0.348 e. The van der Waals surface area contributed by atoms with E-state index in [1.807, 2.05) is 41.8 Å². The van der Waals surface area contributed by atoms with Gasteiger partial charge in [0.25, 0.3) is 5.91 Å². The molecule has 0 atom stereocenters. The number of hydrogen-bond acceptors (Lipinski definition) is 6. The fourth-order valence-corrected chi connectivity index (χ4v) is 4.90. The zero-order valence-corrected chi connectivity index (χ0v) is 16.2. The predicted octanol–water partition coefficient (Wildman–Crippen LogP) is 4.55. The molecule has 1 N–H and O–H groups in total. The quantitative estimate of drug-likeness (QED) is 0.641. The SMILES string of the molecule is O=C(COC(=O)c1cc2c(s1)CCCC2)Nc1nc(-c2ccccc2)cs1. The Hall–Kier alpha value is -2.51. The highest BCUT2D eigenvalue weighted by atomic mass is 32.1. The van der Waals surface area contributed by atoms with Crippen LogP contribution in [0.1, 0.15) is 33.0 Å². The number of anilines is 1. The van der Waals surface area contributed by atoms with Gasteiger partial charge in [-0.1, -0.05) is 30.3 Å². The molecule has 1 amide bonds. The van der Waals surface area contributed by atoms with Crippen molar-refractivity contribution in [2.75, 3.05) is 11.9 Å². The van der Waals surface area contributed by atoms with Gasteiger partial charge in [0, 0.05) is 15.8 Å². The van der Waals surface area contributed by atoms with Crippen molar-refractivity contribution in [1.29, 1.82) is 0 Å². The number of nitrogens with one attached hydrogen (secondary N) is 1. The number of nitrogens with zero attached hydrogens (tertiary/aromatic N) is 1. The first-order chi connectivity index (χ1) is 13.2. The summed E-state index contributed by atoms with van der Waals surface area (Å²) in [5, 5.41) is 5.05. The van der Waals surface area contributed by atoms with Crippen LogP contribution in [0.4, 0.5) is 5.13 Å². The lowest BCUT2D eigenvalue weighted by molar-refractivity contribution is -0.119. The van der Waals surface area contributed by atoms with Crippen LogP contribution in [0.3, 0.4) is 0 Å². The highest BCUT2D eigenvalue weighted by molar-refractivity contribution is 7.14. The molecule has 2 heterocycles. The molecule has 1 aliphatic rings. The van der Waals surface area contributed by atoms with Crippen LogP contribution in [0.2, 0.25) is 0 Å². The van der Waals surface area contributed by atoms with E-state index < -0.39 is 11.9 Å². The lowest BCUT2D eigenvalue weighted by Crippen LogP contribution is -2.20. The molecule has 0 radical (unpaired) electrons. The van der Waals surface area contributed by atoms with Gasteiger partial charge in [-0.15, -0.1) is 22.7 Å². The van der Waals surface area contributed by atoms with Gasteiger partial charge >= 0.3 is 5.97 Å². The zero-order valence-electron chi connectivity index (χ0n) is 14.6. The zero-order chi connectivity index (χ0) is 18.6. The minimum atomic E-state index is -0.436. The van der Waals surface area contributed by atoms with Crippen LogP contribution < -0.4 is 5.32 Å². The molecule has 0 fully saturated rings. The van der Waals surface area contributed by atoms with Crippen LogP contribution in [0.15, 0.2) is 41.8 Å². The normalized spacial score (nSPS) is 13.0. The lowest BCUT2D eigenvalue weighted by Gasteiger charge is -2.08. The van der Waals surface area contributed by atoms with Crippen molar-refractivity contribution in [3.63, 3.8) is 0 Å². The van der Waals surface area contributed by atoms with E-state index in [9.17, 15) is 9.59 Å². The van der Waals surface area contributed by atoms with Gasteiger partial charge in [0.05, 0.1) is 5.69 Å². The minimum absolute atomic E-state index is 0.318. The fourth-order valence-electron chi connectivity index (χ4n) is 3.02. The summed E-state index contributed by atoms with van der Waals surface area (Å²) < 4.78 is 5.17. The van der Waals surface area contributed by atoms with Crippen LogP contribution in [0.25, 0.3) is 11.3 Å². The van der Waals surface area contributed by atoms with Gasteiger partial charge in [-0.25, -0.2) is 9.78 Å². The number of carbonyl (C=O) groups is 2. The maximum absolute atomic E-state index is 12.2. The molecule has 138 valence electrons. The Kier molecular flexibility index (Phi) is 5.31. The topological polar surface area (TPSA) is 68.3 Å². The second-order valence-corrected chi connectivity index (χ2v) is 8.29. The van der Waals surface area contributed by atoms with Crippen LogP contribution in [-0.4, -0.2) is 23.5 Å². The number of rotatable bonds is 5. The molecule has 5 nitrogen and oxygen atoms in total. The minimum Gasteiger partial charge on any atom is -0.451 e. The van der Waals surface area contributed by atoms with Crippen molar-refractivity contribution < 1.29 is 14.3 Å². The molecule has 2 aromatic heterocycles. The average molecular weight is 399 g/mol. The molecular formula is C20H18N2O3S2.